The Kier molecular flexibility index (Phi) is 5.05. The van der Waals surface area contributed by atoms with Crippen molar-refractivity contribution in [2.24, 2.45) is 11.8 Å². The number of para-hydroxylation sites is 2. The fourth-order valence-electron chi connectivity index (χ4n) is 5.66. The molecule has 0 aromatic heterocycles. The lowest BCUT2D eigenvalue weighted by molar-refractivity contribution is -0.137. The van der Waals surface area contributed by atoms with E-state index < -0.39 is 33.3 Å². The van der Waals surface area contributed by atoms with E-state index in [2.05, 4.69) is 10.6 Å². The van der Waals surface area contributed by atoms with Crippen LogP contribution in [0.4, 0.5) is 11.4 Å². The number of benzene rings is 3. The monoisotopic (exact) mass is 497 g/mol. The lowest BCUT2D eigenvalue weighted by Crippen LogP contribution is -2.57. The second-order valence-electron chi connectivity index (χ2n) is 9.44. The van der Waals surface area contributed by atoms with Crippen molar-refractivity contribution >= 4 is 46.8 Å². The minimum absolute atomic E-state index is 0.227. The van der Waals surface area contributed by atoms with Gasteiger partial charge in [-0.25, -0.2) is 4.90 Å². The summed E-state index contributed by atoms with van der Waals surface area (Å²) in [5.41, 5.74) is 2.83. The first-order chi connectivity index (χ1) is 17.4. The van der Waals surface area contributed by atoms with E-state index in [9.17, 15) is 19.2 Å². The summed E-state index contributed by atoms with van der Waals surface area (Å²) in [5.74, 6) is -3.39. The zero-order valence-corrected chi connectivity index (χ0v) is 20.2. The molecule has 6 rings (SSSR count). The molecule has 0 saturated carbocycles. The van der Waals surface area contributed by atoms with E-state index in [-0.39, 0.29) is 18.2 Å². The van der Waals surface area contributed by atoms with E-state index in [1.807, 2.05) is 43.3 Å². The van der Waals surface area contributed by atoms with Gasteiger partial charge in [0.15, 0.2) is 0 Å². The maximum Gasteiger partial charge on any atom is 0.241 e. The van der Waals surface area contributed by atoms with Crippen molar-refractivity contribution in [3.63, 3.8) is 0 Å². The van der Waals surface area contributed by atoms with Gasteiger partial charge < -0.3 is 10.6 Å². The molecule has 3 aliphatic heterocycles. The summed E-state index contributed by atoms with van der Waals surface area (Å²) in [6.07, 6.45) is -0.227. The number of nitrogens with one attached hydrogen (secondary N) is 2. The van der Waals surface area contributed by atoms with E-state index in [4.69, 9.17) is 0 Å². The lowest BCUT2D eigenvalue weighted by Gasteiger charge is -2.34. The van der Waals surface area contributed by atoms with Crippen LogP contribution in [-0.2, 0) is 24.0 Å². The van der Waals surface area contributed by atoms with Gasteiger partial charge in [-0.15, -0.1) is 11.8 Å². The molecular weight excluding hydrogens is 474 g/mol. The largest absolute Gasteiger partial charge is 0.336 e. The molecule has 2 bridgehead atoms. The van der Waals surface area contributed by atoms with Crippen molar-refractivity contribution < 1.29 is 19.2 Å². The number of thioether (sulfide) groups is 1. The average molecular weight is 498 g/mol. The van der Waals surface area contributed by atoms with Crippen molar-refractivity contribution in [3.05, 3.63) is 96.1 Å². The number of rotatable bonds is 5. The molecule has 3 aromatic rings. The van der Waals surface area contributed by atoms with Gasteiger partial charge in [0.1, 0.15) is 9.62 Å². The highest BCUT2D eigenvalue weighted by Crippen LogP contribution is 2.69. The third-order valence-electron chi connectivity index (χ3n) is 7.25. The molecule has 7 nitrogen and oxygen atoms in total. The van der Waals surface area contributed by atoms with Crippen LogP contribution >= 0.6 is 11.8 Å². The van der Waals surface area contributed by atoms with Crippen LogP contribution in [-0.4, -0.2) is 28.4 Å². The average Bonchev–Trinajstić information content (AvgIpc) is 3.43. The van der Waals surface area contributed by atoms with Crippen molar-refractivity contribution in [1.29, 1.82) is 0 Å². The molecule has 3 fully saturated rings. The number of anilines is 2. The third kappa shape index (κ3) is 3.14. The Morgan fingerprint density at radius 1 is 0.889 bits per heavy atom. The molecule has 4 amide bonds. The number of imide groups is 1. The van der Waals surface area contributed by atoms with Crippen LogP contribution in [0.2, 0.25) is 0 Å². The molecular formula is C28H23N3O4S. The molecule has 180 valence electrons. The maximum atomic E-state index is 13.9. The summed E-state index contributed by atoms with van der Waals surface area (Å²) in [7, 11) is 0. The quantitative estimate of drug-likeness (QED) is 0.526. The molecule has 3 saturated heterocycles. The summed E-state index contributed by atoms with van der Waals surface area (Å²) in [5, 5.41) is 5.88. The number of aryl methyl sites for hydroxylation is 1. The molecule has 4 atom stereocenters. The van der Waals surface area contributed by atoms with E-state index in [0.29, 0.717) is 11.4 Å². The fraction of sp³-hybridized carbons (Fsp3) is 0.214. The SMILES string of the molecule is Cc1ccc([C@@]23NC(=O)[C@@](CC(=O)Nc4ccccc4)(S2)[C@@H]2C(=O)N(c4ccccc4)C(=O)[C@@H]23)cc1. The van der Waals surface area contributed by atoms with Crippen molar-refractivity contribution in [2.75, 3.05) is 10.2 Å². The van der Waals surface area contributed by atoms with E-state index >= 15 is 0 Å². The Labute approximate surface area is 212 Å². The smallest absolute Gasteiger partial charge is 0.241 e. The van der Waals surface area contributed by atoms with Crippen molar-refractivity contribution in [1.82, 2.24) is 5.32 Å². The van der Waals surface area contributed by atoms with Crippen LogP contribution in [0.1, 0.15) is 17.5 Å². The number of piperidine rings is 1. The fourth-order valence-corrected chi connectivity index (χ4v) is 7.71. The first-order valence-electron chi connectivity index (χ1n) is 11.7. The molecule has 0 aliphatic carbocycles. The lowest BCUT2D eigenvalue weighted by atomic mass is 9.72. The molecule has 0 unspecified atom stereocenters. The summed E-state index contributed by atoms with van der Waals surface area (Å²) in [6, 6.07) is 25.3. The molecule has 0 spiro atoms. The minimum Gasteiger partial charge on any atom is -0.336 e. The van der Waals surface area contributed by atoms with E-state index in [1.165, 1.54) is 16.7 Å². The summed E-state index contributed by atoms with van der Waals surface area (Å²) >= 11 is 1.24. The molecule has 3 heterocycles. The second-order valence-corrected chi connectivity index (χ2v) is 11.0. The zero-order chi connectivity index (χ0) is 25.1. The Morgan fingerprint density at radius 3 is 2.17 bits per heavy atom. The highest BCUT2D eigenvalue weighted by molar-refractivity contribution is 8.03. The third-order valence-corrected chi connectivity index (χ3v) is 9.11. The minimum atomic E-state index is -1.41. The van der Waals surface area contributed by atoms with Gasteiger partial charge >= 0.3 is 0 Å². The first kappa shape index (κ1) is 22.5. The Hall–Kier alpha value is -3.91. The first-order valence-corrected chi connectivity index (χ1v) is 12.5. The van der Waals surface area contributed by atoms with Crippen molar-refractivity contribution in [2.45, 2.75) is 23.0 Å². The Balaban J connectivity index is 1.45. The Bertz CT molecular complexity index is 1400. The normalized spacial score (nSPS) is 28.2. The number of amides is 4. The molecule has 3 aromatic carbocycles. The van der Waals surface area contributed by atoms with Crippen LogP contribution in [0, 0.1) is 18.8 Å². The van der Waals surface area contributed by atoms with Crippen LogP contribution in [0.3, 0.4) is 0 Å². The van der Waals surface area contributed by atoms with Gasteiger partial charge in [-0.1, -0.05) is 66.2 Å². The van der Waals surface area contributed by atoms with Gasteiger partial charge in [0.05, 0.1) is 23.9 Å². The highest BCUT2D eigenvalue weighted by atomic mass is 32.2. The molecule has 8 heteroatoms. The van der Waals surface area contributed by atoms with Crippen LogP contribution in [0.15, 0.2) is 84.9 Å². The van der Waals surface area contributed by atoms with Gasteiger partial charge in [0.2, 0.25) is 23.6 Å². The van der Waals surface area contributed by atoms with Crippen molar-refractivity contribution in [3.8, 4) is 0 Å². The predicted molar refractivity (Wildman–Crippen MR) is 137 cm³/mol. The number of hydrogen-bond donors (Lipinski definition) is 2. The van der Waals surface area contributed by atoms with Crippen LogP contribution in [0.25, 0.3) is 0 Å². The molecule has 3 aliphatic rings. The van der Waals surface area contributed by atoms with Crippen LogP contribution < -0.4 is 15.5 Å². The zero-order valence-electron chi connectivity index (χ0n) is 19.4. The maximum absolute atomic E-state index is 13.9. The van der Waals surface area contributed by atoms with Gasteiger partial charge in [-0.3, -0.25) is 19.2 Å². The summed E-state index contributed by atoms with van der Waals surface area (Å²) in [6.45, 7) is 1.96. The molecule has 2 N–H and O–H groups in total. The topological polar surface area (TPSA) is 95.6 Å². The van der Waals surface area contributed by atoms with Crippen LogP contribution in [0.5, 0.6) is 0 Å². The number of hydrogen-bond acceptors (Lipinski definition) is 5. The van der Waals surface area contributed by atoms with E-state index in [0.717, 1.165) is 11.1 Å². The molecule has 0 radical (unpaired) electrons. The summed E-state index contributed by atoms with van der Waals surface area (Å²) < 4.78 is -1.41. The van der Waals surface area contributed by atoms with Gasteiger partial charge in [-0.2, -0.15) is 0 Å². The number of carbonyl (C=O) groups excluding carboxylic acids is 4. The standard InChI is InChI=1S/C28H23N3O4S/c1-17-12-14-18(15-13-17)28-23-22(24(33)31(25(23)34)20-10-6-3-7-11-20)27(36-28,26(35)30-28)16-21(32)29-19-8-4-2-5-9-19/h2-15,22-23H,16H2,1H3,(H,29,32)(H,30,35)/t22-,23+,27-,28+/m0/s1. The number of nitrogens with zero attached hydrogens (tertiary/aromatic N) is 1. The van der Waals surface area contributed by atoms with Gasteiger partial charge in [-0.05, 0) is 36.8 Å². The predicted octanol–water partition coefficient (Wildman–Crippen LogP) is 3.60. The number of carbonyl (C=O) groups is 4. The summed E-state index contributed by atoms with van der Waals surface area (Å²) in [4.78, 5) is 54.7. The molecule has 36 heavy (non-hydrogen) atoms. The van der Waals surface area contributed by atoms with E-state index in [1.54, 1.807) is 48.5 Å². The van der Waals surface area contributed by atoms with Gasteiger partial charge in [0.25, 0.3) is 0 Å². The second kappa shape index (κ2) is 8.06. The number of fused-ring (bicyclic) bond motifs is 5. The highest BCUT2D eigenvalue weighted by Gasteiger charge is 2.79. The van der Waals surface area contributed by atoms with Gasteiger partial charge in [0, 0.05) is 5.69 Å². The Morgan fingerprint density at radius 2 is 1.50 bits per heavy atom.